The van der Waals surface area contributed by atoms with Crippen molar-refractivity contribution in [2.24, 2.45) is 0 Å². The molecule has 0 amide bonds. The van der Waals surface area contributed by atoms with Crippen molar-refractivity contribution in [1.29, 1.82) is 5.26 Å². The second kappa shape index (κ2) is 3.79. The lowest BCUT2D eigenvalue weighted by Crippen LogP contribution is -1.97. The van der Waals surface area contributed by atoms with E-state index in [4.69, 9.17) is 10.4 Å². The lowest BCUT2D eigenvalue weighted by atomic mass is 10.2. The minimum Gasteiger partial charge on any atom is -0.478 e. The summed E-state index contributed by atoms with van der Waals surface area (Å²) in [4.78, 5) is 11.1. The Bertz CT molecular complexity index is 343. The summed E-state index contributed by atoms with van der Waals surface area (Å²) in [5.74, 6) is -1.01. The van der Waals surface area contributed by atoms with Crippen LogP contribution < -0.4 is 0 Å². The standard InChI is InChI=1S/C8H5NO2S/c9-5-12-7-4-2-1-3-6(7)8(10)11/h1-4H,(H,10,11). The molecule has 0 fully saturated rings. The number of thiocyanates is 1. The zero-order chi connectivity index (χ0) is 8.97. The van der Waals surface area contributed by atoms with Crippen LogP contribution in [0.4, 0.5) is 0 Å². The van der Waals surface area contributed by atoms with Crippen molar-refractivity contribution in [2.45, 2.75) is 4.90 Å². The van der Waals surface area contributed by atoms with Crippen molar-refractivity contribution >= 4 is 17.7 Å². The molecular formula is C8H5NO2S. The van der Waals surface area contributed by atoms with Crippen LogP contribution in [0.25, 0.3) is 0 Å². The highest BCUT2D eigenvalue weighted by Gasteiger charge is 2.08. The van der Waals surface area contributed by atoms with Crippen LogP contribution >= 0.6 is 11.8 Å². The van der Waals surface area contributed by atoms with Gasteiger partial charge in [0.25, 0.3) is 0 Å². The molecule has 4 heteroatoms. The average molecular weight is 179 g/mol. The summed E-state index contributed by atoms with van der Waals surface area (Å²) in [6.07, 6.45) is 0. The van der Waals surface area contributed by atoms with Gasteiger partial charge in [-0.1, -0.05) is 12.1 Å². The summed E-state index contributed by atoms with van der Waals surface area (Å²) < 4.78 is 0. The lowest BCUT2D eigenvalue weighted by Gasteiger charge is -1.98. The van der Waals surface area contributed by atoms with Crippen LogP contribution in [0, 0.1) is 10.7 Å². The molecule has 3 nitrogen and oxygen atoms in total. The van der Waals surface area contributed by atoms with Crippen LogP contribution in [0.15, 0.2) is 29.2 Å². The first kappa shape index (κ1) is 8.62. The number of nitriles is 1. The molecule has 0 aliphatic heterocycles. The van der Waals surface area contributed by atoms with Gasteiger partial charge in [0.05, 0.1) is 5.56 Å². The molecule has 1 rings (SSSR count). The molecule has 0 saturated heterocycles. The quantitative estimate of drug-likeness (QED) is 0.556. The molecule has 60 valence electrons. The maximum Gasteiger partial charge on any atom is 0.336 e. The summed E-state index contributed by atoms with van der Waals surface area (Å²) in [6.45, 7) is 0. The highest BCUT2D eigenvalue weighted by molar-refractivity contribution is 8.03. The Labute approximate surface area is 73.6 Å². The van der Waals surface area contributed by atoms with Crippen molar-refractivity contribution in [3.05, 3.63) is 29.8 Å². The van der Waals surface area contributed by atoms with Gasteiger partial charge in [0, 0.05) is 4.90 Å². The summed E-state index contributed by atoms with van der Waals surface area (Å²) >= 11 is 0.855. The maximum atomic E-state index is 10.6. The van der Waals surface area contributed by atoms with Crippen LogP contribution in [-0.4, -0.2) is 11.1 Å². The molecule has 12 heavy (non-hydrogen) atoms. The van der Waals surface area contributed by atoms with Gasteiger partial charge < -0.3 is 5.11 Å². The van der Waals surface area contributed by atoms with Crippen molar-refractivity contribution in [1.82, 2.24) is 0 Å². The van der Waals surface area contributed by atoms with E-state index in [1.54, 1.807) is 18.2 Å². The van der Waals surface area contributed by atoms with Crippen LogP contribution in [-0.2, 0) is 0 Å². The summed E-state index contributed by atoms with van der Waals surface area (Å²) in [7, 11) is 0. The van der Waals surface area contributed by atoms with Gasteiger partial charge in [-0.3, -0.25) is 0 Å². The Hall–Kier alpha value is -1.47. The minimum atomic E-state index is -1.01. The van der Waals surface area contributed by atoms with Crippen molar-refractivity contribution in [3.8, 4) is 5.40 Å². The molecule has 1 aromatic carbocycles. The first-order valence-corrected chi connectivity index (χ1v) is 3.95. The van der Waals surface area contributed by atoms with E-state index in [0.717, 1.165) is 11.8 Å². The van der Waals surface area contributed by atoms with Gasteiger partial charge in [-0.15, -0.1) is 0 Å². The van der Waals surface area contributed by atoms with Gasteiger partial charge in [0.2, 0.25) is 0 Å². The van der Waals surface area contributed by atoms with E-state index < -0.39 is 5.97 Å². The number of carboxylic acids is 1. The smallest absolute Gasteiger partial charge is 0.336 e. The van der Waals surface area contributed by atoms with E-state index in [1.807, 2.05) is 5.40 Å². The largest absolute Gasteiger partial charge is 0.478 e. The number of carbonyl (C=O) groups is 1. The van der Waals surface area contributed by atoms with E-state index in [-0.39, 0.29) is 5.56 Å². The number of nitrogens with zero attached hydrogens (tertiary/aromatic N) is 1. The number of carboxylic acid groups (broad SMARTS) is 1. The van der Waals surface area contributed by atoms with Gasteiger partial charge in [0.15, 0.2) is 0 Å². The molecule has 0 unspecified atom stereocenters. The molecular weight excluding hydrogens is 174 g/mol. The van der Waals surface area contributed by atoms with E-state index in [9.17, 15) is 4.79 Å². The van der Waals surface area contributed by atoms with E-state index in [0.29, 0.717) is 4.90 Å². The fourth-order valence-electron chi connectivity index (χ4n) is 0.781. The fourth-order valence-corrected chi connectivity index (χ4v) is 1.29. The number of rotatable bonds is 2. The molecule has 1 aromatic rings. The molecule has 0 saturated carbocycles. The molecule has 0 heterocycles. The first-order chi connectivity index (χ1) is 5.75. The maximum absolute atomic E-state index is 10.6. The van der Waals surface area contributed by atoms with Gasteiger partial charge >= 0.3 is 5.97 Å². The van der Waals surface area contributed by atoms with Crippen molar-refractivity contribution in [3.63, 3.8) is 0 Å². The highest BCUT2D eigenvalue weighted by Crippen LogP contribution is 2.20. The topological polar surface area (TPSA) is 61.1 Å². The second-order valence-corrected chi connectivity index (χ2v) is 2.82. The number of benzene rings is 1. The zero-order valence-corrected chi connectivity index (χ0v) is 6.84. The molecule has 0 spiro atoms. The Balaban J connectivity index is 3.10. The van der Waals surface area contributed by atoms with Crippen LogP contribution in [0.3, 0.4) is 0 Å². The van der Waals surface area contributed by atoms with Gasteiger partial charge in [-0.05, 0) is 23.9 Å². The Kier molecular flexibility index (Phi) is 2.72. The Morgan fingerprint density at radius 3 is 2.75 bits per heavy atom. The predicted molar refractivity (Wildman–Crippen MR) is 44.9 cm³/mol. The van der Waals surface area contributed by atoms with Gasteiger partial charge in [0.1, 0.15) is 5.40 Å². The second-order valence-electron chi connectivity index (χ2n) is 1.99. The van der Waals surface area contributed by atoms with Crippen LogP contribution in [0.1, 0.15) is 10.4 Å². The van der Waals surface area contributed by atoms with E-state index in [2.05, 4.69) is 0 Å². The SMILES string of the molecule is N#CSc1ccccc1C(=O)O. The monoisotopic (exact) mass is 179 g/mol. The predicted octanol–water partition coefficient (Wildman–Crippen LogP) is 1.96. The fraction of sp³-hybridized carbons (Fsp3) is 0. The zero-order valence-electron chi connectivity index (χ0n) is 6.02. The number of hydrogen-bond acceptors (Lipinski definition) is 3. The Morgan fingerprint density at radius 1 is 1.50 bits per heavy atom. The number of thioether (sulfide) groups is 1. The Morgan fingerprint density at radius 2 is 2.17 bits per heavy atom. The molecule has 0 bridgehead atoms. The highest BCUT2D eigenvalue weighted by atomic mass is 32.2. The molecule has 1 N–H and O–H groups in total. The summed E-state index contributed by atoms with van der Waals surface area (Å²) in [5, 5.41) is 18.8. The molecule has 0 radical (unpaired) electrons. The molecule has 0 aliphatic rings. The third kappa shape index (κ3) is 1.77. The average Bonchev–Trinajstić information content (AvgIpc) is 2.05. The third-order valence-corrected chi connectivity index (χ3v) is 1.94. The number of aromatic carboxylic acids is 1. The van der Waals surface area contributed by atoms with Crippen molar-refractivity contribution in [2.75, 3.05) is 0 Å². The normalized spacial score (nSPS) is 8.92. The summed E-state index contributed by atoms with van der Waals surface area (Å²) in [6, 6.07) is 6.41. The molecule has 0 atom stereocenters. The third-order valence-electron chi connectivity index (χ3n) is 1.27. The van der Waals surface area contributed by atoms with E-state index in [1.165, 1.54) is 6.07 Å². The van der Waals surface area contributed by atoms with Crippen LogP contribution in [0.5, 0.6) is 0 Å². The molecule has 0 aromatic heterocycles. The number of hydrogen-bond donors (Lipinski definition) is 1. The van der Waals surface area contributed by atoms with E-state index >= 15 is 0 Å². The van der Waals surface area contributed by atoms with Gasteiger partial charge in [-0.2, -0.15) is 5.26 Å². The van der Waals surface area contributed by atoms with Crippen molar-refractivity contribution < 1.29 is 9.90 Å². The minimum absolute atomic E-state index is 0.170. The van der Waals surface area contributed by atoms with Crippen LogP contribution in [0.2, 0.25) is 0 Å². The lowest BCUT2D eigenvalue weighted by molar-refractivity contribution is 0.0693. The first-order valence-electron chi connectivity index (χ1n) is 3.14. The molecule has 0 aliphatic carbocycles. The van der Waals surface area contributed by atoms with Gasteiger partial charge in [-0.25, -0.2) is 4.79 Å². The summed E-state index contributed by atoms with van der Waals surface area (Å²) in [5.41, 5.74) is 0.170.